The second-order valence-electron chi connectivity index (χ2n) is 5.68. The first-order valence-electron chi connectivity index (χ1n) is 7.94. The summed E-state index contributed by atoms with van der Waals surface area (Å²) < 4.78 is 2.89. The Morgan fingerprint density at radius 1 is 1.08 bits per heavy atom. The van der Waals surface area contributed by atoms with Crippen LogP contribution in [0.15, 0.2) is 52.2 Å². The fourth-order valence-corrected chi connectivity index (χ4v) is 2.81. The molecule has 124 valence electrons. The quantitative estimate of drug-likeness (QED) is 0.715. The van der Waals surface area contributed by atoms with E-state index in [9.17, 15) is 9.59 Å². The SMILES string of the molecule is CCCCn1c(=O)n(Cc2ccc(Cl)cc2)c(=O)c2ncccc21. The van der Waals surface area contributed by atoms with Gasteiger partial charge in [-0.3, -0.25) is 13.9 Å². The van der Waals surface area contributed by atoms with Crippen molar-refractivity contribution in [3.05, 3.63) is 74.0 Å². The Balaban J connectivity index is 2.18. The van der Waals surface area contributed by atoms with Crippen molar-refractivity contribution < 1.29 is 0 Å². The molecular formula is C18H18ClN3O2. The van der Waals surface area contributed by atoms with Gasteiger partial charge in [-0.05, 0) is 36.2 Å². The van der Waals surface area contributed by atoms with Gasteiger partial charge in [0.1, 0.15) is 0 Å². The second kappa shape index (κ2) is 7.01. The minimum atomic E-state index is -0.363. The summed E-state index contributed by atoms with van der Waals surface area (Å²) in [6, 6.07) is 10.6. The average molecular weight is 344 g/mol. The van der Waals surface area contributed by atoms with Gasteiger partial charge < -0.3 is 0 Å². The zero-order chi connectivity index (χ0) is 17.1. The van der Waals surface area contributed by atoms with Crippen molar-refractivity contribution in [2.75, 3.05) is 0 Å². The Kier molecular flexibility index (Phi) is 4.81. The predicted octanol–water partition coefficient (Wildman–Crippen LogP) is 3.06. The molecule has 0 saturated carbocycles. The lowest BCUT2D eigenvalue weighted by Crippen LogP contribution is -2.40. The van der Waals surface area contributed by atoms with Gasteiger partial charge in [0.05, 0.1) is 12.1 Å². The van der Waals surface area contributed by atoms with E-state index in [1.165, 1.54) is 4.57 Å². The van der Waals surface area contributed by atoms with Crippen LogP contribution in [0.5, 0.6) is 0 Å². The maximum absolute atomic E-state index is 12.9. The summed E-state index contributed by atoms with van der Waals surface area (Å²) in [5.74, 6) is 0. The summed E-state index contributed by atoms with van der Waals surface area (Å²) in [4.78, 5) is 29.8. The van der Waals surface area contributed by atoms with E-state index in [2.05, 4.69) is 11.9 Å². The fraction of sp³-hybridized carbons (Fsp3) is 0.278. The third kappa shape index (κ3) is 3.12. The number of fused-ring (bicyclic) bond motifs is 1. The number of hydrogen-bond donors (Lipinski definition) is 0. The second-order valence-corrected chi connectivity index (χ2v) is 6.11. The smallest absolute Gasteiger partial charge is 0.292 e. The van der Waals surface area contributed by atoms with Crippen LogP contribution < -0.4 is 11.2 Å². The molecule has 1 aromatic carbocycles. The van der Waals surface area contributed by atoms with Crippen molar-refractivity contribution in [1.29, 1.82) is 0 Å². The van der Waals surface area contributed by atoms with Gasteiger partial charge in [0.25, 0.3) is 5.56 Å². The van der Waals surface area contributed by atoms with E-state index < -0.39 is 0 Å². The molecule has 0 N–H and O–H groups in total. The maximum atomic E-state index is 12.9. The molecule has 5 nitrogen and oxygen atoms in total. The molecule has 6 heteroatoms. The number of aromatic nitrogens is 3. The summed E-state index contributed by atoms with van der Waals surface area (Å²) in [5, 5.41) is 0.617. The molecule has 2 aromatic heterocycles. The molecule has 0 aliphatic carbocycles. The Hall–Kier alpha value is -2.40. The molecule has 0 aliphatic rings. The van der Waals surface area contributed by atoms with E-state index in [0.29, 0.717) is 22.6 Å². The van der Waals surface area contributed by atoms with E-state index in [1.54, 1.807) is 35.0 Å². The molecule has 0 bridgehead atoms. The van der Waals surface area contributed by atoms with Crippen molar-refractivity contribution >= 4 is 22.6 Å². The number of aryl methyl sites for hydroxylation is 1. The van der Waals surface area contributed by atoms with Crippen molar-refractivity contribution in [1.82, 2.24) is 14.1 Å². The third-order valence-electron chi connectivity index (χ3n) is 3.98. The topological polar surface area (TPSA) is 56.9 Å². The van der Waals surface area contributed by atoms with Gasteiger partial charge in [-0.2, -0.15) is 0 Å². The monoisotopic (exact) mass is 343 g/mol. The molecule has 0 atom stereocenters. The van der Waals surface area contributed by atoms with Crippen molar-refractivity contribution in [3.63, 3.8) is 0 Å². The number of benzene rings is 1. The Morgan fingerprint density at radius 2 is 1.83 bits per heavy atom. The summed E-state index contributed by atoms with van der Waals surface area (Å²) in [7, 11) is 0. The Morgan fingerprint density at radius 3 is 2.54 bits per heavy atom. The van der Waals surface area contributed by atoms with Gasteiger partial charge in [-0.15, -0.1) is 0 Å². The minimum Gasteiger partial charge on any atom is -0.292 e. The minimum absolute atomic E-state index is 0.202. The van der Waals surface area contributed by atoms with Crippen LogP contribution in [0.3, 0.4) is 0 Å². The first-order valence-corrected chi connectivity index (χ1v) is 8.32. The van der Waals surface area contributed by atoms with E-state index in [-0.39, 0.29) is 17.8 Å². The lowest BCUT2D eigenvalue weighted by Gasteiger charge is -2.13. The van der Waals surface area contributed by atoms with Crippen LogP contribution >= 0.6 is 11.6 Å². The molecule has 24 heavy (non-hydrogen) atoms. The van der Waals surface area contributed by atoms with Crippen LogP contribution in [0.25, 0.3) is 11.0 Å². The largest absolute Gasteiger partial charge is 0.331 e. The van der Waals surface area contributed by atoms with Gasteiger partial charge in [0, 0.05) is 17.8 Å². The normalized spacial score (nSPS) is 11.1. The number of nitrogens with zero attached hydrogens (tertiary/aromatic N) is 3. The van der Waals surface area contributed by atoms with Gasteiger partial charge in [0.15, 0.2) is 5.52 Å². The molecule has 0 aliphatic heterocycles. The summed E-state index contributed by atoms with van der Waals surface area (Å²) >= 11 is 5.89. The lowest BCUT2D eigenvalue weighted by atomic mass is 10.2. The average Bonchev–Trinajstić information content (AvgIpc) is 2.60. The van der Waals surface area contributed by atoms with Gasteiger partial charge in [-0.1, -0.05) is 37.1 Å². The molecule has 0 amide bonds. The number of pyridine rings is 1. The molecule has 3 aromatic rings. The van der Waals surface area contributed by atoms with E-state index in [0.717, 1.165) is 18.4 Å². The Bertz CT molecular complexity index is 974. The van der Waals surface area contributed by atoms with Crippen LogP contribution in [0.1, 0.15) is 25.3 Å². The van der Waals surface area contributed by atoms with E-state index in [4.69, 9.17) is 11.6 Å². The number of unbranched alkanes of at least 4 members (excludes halogenated alkanes) is 1. The highest BCUT2D eigenvalue weighted by molar-refractivity contribution is 6.30. The first-order chi connectivity index (χ1) is 11.6. The van der Waals surface area contributed by atoms with Crippen LogP contribution in [0.2, 0.25) is 5.02 Å². The standard InChI is InChI=1S/C18H18ClN3O2/c1-2-3-11-21-15-5-4-10-20-16(15)17(23)22(18(21)24)12-13-6-8-14(19)9-7-13/h4-10H,2-3,11-12H2,1H3. The lowest BCUT2D eigenvalue weighted by molar-refractivity contribution is 0.571. The number of halogens is 1. The molecular weight excluding hydrogens is 326 g/mol. The van der Waals surface area contributed by atoms with Crippen LogP contribution in [-0.4, -0.2) is 14.1 Å². The molecule has 0 unspecified atom stereocenters. The predicted molar refractivity (Wildman–Crippen MR) is 95.7 cm³/mol. The van der Waals surface area contributed by atoms with Gasteiger partial charge in [-0.25, -0.2) is 9.78 Å². The van der Waals surface area contributed by atoms with Crippen molar-refractivity contribution in [2.24, 2.45) is 0 Å². The molecule has 0 saturated heterocycles. The number of rotatable bonds is 5. The molecule has 0 spiro atoms. The van der Waals surface area contributed by atoms with Crippen molar-refractivity contribution in [3.8, 4) is 0 Å². The maximum Gasteiger partial charge on any atom is 0.331 e. The molecule has 0 fully saturated rings. The highest BCUT2D eigenvalue weighted by Crippen LogP contribution is 2.11. The third-order valence-corrected chi connectivity index (χ3v) is 4.23. The summed E-state index contributed by atoms with van der Waals surface area (Å²) in [5.41, 5.74) is 1.09. The zero-order valence-electron chi connectivity index (χ0n) is 13.4. The van der Waals surface area contributed by atoms with E-state index in [1.807, 2.05) is 12.1 Å². The van der Waals surface area contributed by atoms with Crippen LogP contribution in [0, 0.1) is 0 Å². The number of hydrogen-bond acceptors (Lipinski definition) is 3. The summed E-state index contributed by atoms with van der Waals surface area (Å²) in [6.45, 7) is 2.83. The molecule has 0 radical (unpaired) electrons. The zero-order valence-corrected chi connectivity index (χ0v) is 14.2. The van der Waals surface area contributed by atoms with Gasteiger partial charge >= 0.3 is 5.69 Å². The highest BCUT2D eigenvalue weighted by Gasteiger charge is 2.13. The highest BCUT2D eigenvalue weighted by atomic mass is 35.5. The van der Waals surface area contributed by atoms with E-state index >= 15 is 0 Å². The first kappa shape index (κ1) is 16.5. The molecule has 2 heterocycles. The Labute approximate surface area is 144 Å². The van der Waals surface area contributed by atoms with Crippen LogP contribution in [-0.2, 0) is 13.1 Å². The molecule has 3 rings (SSSR count). The van der Waals surface area contributed by atoms with Crippen LogP contribution in [0.4, 0.5) is 0 Å². The van der Waals surface area contributed by atoms with Gasteiger partial charge in [0.2, 0.25) is 0 Å². The van der Waals surface area contributed by atoms with Crippen molar-refractivity contribution in [2.45, 2.75) is 32.9 Å². The summed E-state index contributed by atoms with van der Waals surface area (Å²) in [6.07, 6.45) is 3.40. The fourth-order valence-electron chi connectivity index (χ4n) is 2.69.